The van der Waals surface area contributed by atoms with E-state index in [0.717, 1.165) is 30.3 Å². The minimum Gasteiger partial charge on any atom is -0.396 e. The number of aliphatic hydroxyl groups is 1. The molecule has 0 radical (unpaired) electrons. The van der Waals surface area contributed by atoms with E-state index in [0.29, 0.717) is 12.5 Å². The Kier molecular flexibility index (Phi) is 4.87. The van der Waals surface area contributed by atoms with Crippen molar-refractivity contribution in [3.05, 3.63) is 0 Å². The Hall–Kier alpha value is -0.0800. The van der Waals surface area contributed by atoms with Crippen molar-refractivity contribution < 1.29 is 5.11 Å². The maximum atomic E-state index is 9.33. The lowest BCUT2D eigenvalue weighted by Gasteiger charge is -2.33. The molecule has 0 saturated heterocycles. The van der Waals surface area contributed by atoms with Crippen molar-refractivity contribution >= 4 is 0 Å². The van der Waals surface area contributed by atoms with Gasteiger partial charge in [-0.25, -0.2) is 0 Å². The van der Waals surface area contributed by atoms with Gasteiger partial charge in [0.1, 0.15) is 0 Å². The molecule has 0 spiro atoms. The molecule has 100 valence electrons. The van der Waals surface area contributed by atoms with E-state index in [4.69, 9.17) is 0 Å². The van der Waals surface area contributed by atoms with Gasteiger partial charge in [0.15, 0.2) is 0 Å². The van der Waals surface area contributed by atoms with E-state index in [-0.39, 0.29) is 0 Å². The van der Waals surface area contributed by atoms with E-state index in [1.165, 1.54) is 38.5 Å². The maximum Gasteiger partial charge on any atom is 0.0462 e. The fourth-order valence-corrected chi connectivity index (χ4v) is 4.05. The zero-order chi connectivity index (χ0) is 12.3. The number of rotatable bonds is 4. The average molecular weight is 239 g/mol. The van der Waals surface area contributed by atoms with Crippen molar-refractivity contribution in [2.45, 2.75) is 58.4 Å². The molecule has 2 fully saturated rings. The molecule has 0 heterocycles. The summed E-state index contributed by atoms with van der Waals surface area (Å²) >= 11 is 0. The van der Waals surface area contributed by atoms with Crippen LogP contribution in [0.15, 0.2) is 0 Å². The van der Waals surface area contributed by atoms with Gasteiger partial charge in [0.2, 0.25) is 0 Å². The molecule has 2 saturated carbocycles. The van der Waals surface area contributed by atoms with Crippen LogP contribution in [-0.2, 0) is 0 Å². The molecule has 2 aliphatic carbocycles. The summed E-state index contributed by atoms with van der Waals surface area (Å²) in [6, 6.07) is 0.730. The highest BCUT2D eigenvalue weighted by Crippen LogP contribution is 2.32. The first-order chi connectivity index (χ1) is 8.19. The molecule has 17 heavy (non-hydrogen) atoms. The van der Waals surface area contributed by atoms with Gasteiger partial charge in [-0.05, 0) is 62.3 Å². The quantitative estimate of drug-likeness (QED) is 0.790. The van der Waals surface area contributed by atoms with E-state index in [1.54, 1.807) is 0 Å². The van der Waals surface area contributed by atoms with Crippen LogP contribution in [0.25, 0.3) is 0 Å². The zero-order valence-electron chi connectivity index (χ0n) is 11.5. The Morgan fingerprint density at radius 3 is 2.29 bits per heavy atom. The number of nitrogens with one attached hydrogen (secondary N) is 1. The summed E-state index contributed by atoms with van der Waals surface area (Å²) < 4.78 is 0. The van der Waals surface area contributed by atoms with E-state index in [2.05, 4.69) is 19.2 Å². The minimum atomic E-state index is 0.393. The second-order valence-corrected chi connectivity index (χ2v) is 6.66. The fraction of sp³-hybridized carbons (Fsp3) is 1.00. The topological polar surface area (TPSA) is 32.3 Å². The minimum absolute atomic E-state index is 0.393. The number of aliphatic hydroxyl groups excluding tert-OH is 1. The van der Waals surface area contributed by atoms with Crippen LogP contribution in [0.1, 0.15) is 52.4 Å². The first-order valence-electron chi connectivity index (χ1n) is 7.53. The Bertz CT molecular complexity index is 221. The highest BCUT2D eigenvalue weighted by molar-refractivity contribution is 4.83. The predicted octanol–water partition coefficient (Wildman–Crippen LogP) is 2.81. The zero-order valence-corrected chi connectivity index (χ0v) is 11.5. The molecule has 4 unspecified atom stereocenters. The molecule has 2 heteroatoms. The van der Waals surface area contributed by atoms with Crippen LogP contribution in [0, 0.1) is 23.7 Å². The molecule has 0 aliphatic heterocycles. The molecule has 0 aromatic rings. The summed E-state index contributed by atoms with van der Waals surface area (Å²) in [5.74, 6) is 3.07. The lowest BCUT2D eigenvalue weighted by atomic mass is 9.80. The molecule has 4 atom stereocenters. The monoisotopic (exact) mass is 239 g/mol. The summed E-state index contributed by atoms with van der Waals surface area (Å²) in [7, 11) is 0. The van der Waals surface area contributed by atoms with Crippen LogP contribution < -0.4 is 5.32 Å². The summed E-state index contributed by atoms with van der Waals surface area (Å²) in [5, 5.41) is 13.1. The van der Waals surface area contributed by atoms with Gasteiger partial charge in [-0.3, -0.25) is 0 Å². The Labute approximate surface area is 106 Å². The first-order valence-corrected chi connectivity index (χ1v) is 7.53. The third-order valence-corrected chi connectivity index (χ3v) is 4.90. The Balaban J connectivity index is 1.73. The van der Waals surface area contributed by atoms with Crippen LogP contribution in [-0.4, -0.2) is 24.3 Å². The summed E-state index contributed by atoms with van der Waals surface area (Å²) in [6.07, 6.45) is 7.97. The molecule has 2 nitrogen and oxygen atoms in total. The van der Waals surface area contributed by atoms with Crippen molar-refractivity contribution in [3.8, 4) is 0 Å². The van der Waals surface area contributed by atoms with Gasteiger partial charge in [0.05, 0.1) is 0 Å². The molecule has 0 aromatic heterocycles. The molecule has 0 bridgehead atoms. The van der Waals surface area contributed by atoms with Gasteiger partial charge in [0.25, 0.3) is 0 Å². The molecule has 2 rings (SSSR count). The van der Waals surface area contributed by atoms with Crippen LogP contribution in [0.4, 0.5) is 0 Å². The predicted molar refractivity (Wildman–Crippen MR) is 71.9 cm³/mol. The molecular formula is C15H29NO. The van der Waals surface area contributed by atoms with Gasteiger partial charge < -0.3 is 10.4 Å². The second-order valence-electron chi connectivity index (χ2n) is 6.66. The van der Waals surface area contributed by atoms with Crippen molar-refractivity contribution in [2.24, 2.45) is 23.7 Å². The Morgan fingerprint density at radius 1 is 1.00 bits per heavy atom. The van der Waals surface area contributed by atoms with Crippen molar-refractivity contribution in [3.63, 3.8) is 0 Å². The molecular weight excluding hydrogens is 210 g/mol. The van der Waals surface area contributed by atoms with E-state index < -0.39 is 0 Å². The molecule has 2 aliphatic rings. The molecule has 0 amide bonds. The largest absolute Gasteiger partial charge is 0.396 e. The van der Waals surface area contributed by atoms with Crippen LogP contribution >= 0.6 is 0 Å². The van der Waals surface area contributed by atoms with Crippen molar-refractivity contribution in [1.29, 1.82) is 0 Å². The van der Waals surface area contributed by atoms with Crippen LogP contribution in [0.2, 0.25) is 0 Å². The van der Waals surface area contributed by atoms with Gasteiger partial charge in [-0.2, -0.15) is 0 Å². The van der Waals surface area contributed by atoms with Gasteiger partial charge in [0, 0.05) is 12.6 Å². The standard InChI is InChI=1S/C15H29NO/c1-11-6-12(2)8-15(7-11)16-9-13-4-3-5-14(13)10-17/h11-17H,3-10H2,1-2H3. The normalized spacial score (nSPS) is 42.9. The highest BCUT2D eigenvalue weighted by Gasteiger charge is 2.28. The van der Waals surface area contributed by atoms with Crippen LogP contribution in [0.5, 0.6) is 0 Å². The first kappa shape index (κ1) is 13.4. The third-order valence-electron chi connectivity index (χ3n) is 4.90. The van der Waals surface area contributed by atoms with Gasteiger partial charge in [-0.15, -0.1) is 0 Å². The van der Waals surface area contributed by atoms with Crippen LogP contribution in [0.3, 0.4) is 0 Å². The lowest BCUT2D eigenvalue weighted by Crippen LogP contribution is -2.39. The third kappa shape index (κ3) is 3.69. The maximum absolute atomic E-state index is 9.33. The highest BCUT2D eigenvalue weighted by atomic mass is 16.3. The Morgan fingerprint density at radius 2 is 1.65 bits per heavy atom. The smallest absolute Gasteiger partial charge is 0.0462 e. The number of hydrogen-bond acceptors (Lipinski definition) is 2. The van der Waals surface area contributed by atoms with Crippen molar-refractivity contribution in [2.75, 3.05) is 13.2 Å². The molecule has 2 N–H and O–H groups in total. The van der Waals surface area contributed by atoms with Crippen molar-refractivity contribution in [1.82, 2.24) is 5.32 Å². The summed E-state index contributed by atoms with van der Waals surface area (Å²) in [4.78, 5) is 0. The second kappa shape index (κ2) is 6.19. The van der Waals surface area contributed by atoms with E-state index in [1.807, 2.05) is 0 Å². The SMILES string of the molecule is CC1CC(C)CC(NCC2CCCC2CO)C1. The van der Waals surface area contributed by atoms with Gasteiger partial charge in [-0.1, -0.05) is 20.3 Å². The number of hydrogen-bond donors (Lipinski definition) is 2. The average Bonchev–Trinajstić information content (AvgIpc) is 2.72. The summed E-state index contributed by atoms with van der Waals surface area (Å²) in [6.45, 7) is 6.30. The van der Waals surface area contributed by atoms with E-state index >= 15 is 0 Å². The molecule has 0 aromatic carbocycles. The summed E-state index contributed by atoms with van der Waals surface area (Å²) in [5.41, 5.74) is 0. The lowest BCUT2D eigenvalue weighted by molar-refractivity contribution is 0.180. The van der Waals surface area contributed by atoms with E-state index in [9.17, 15) is 5.11 Å². The fourth-order valence-electron chi connectivity index (χ4n) is 4.05. The van der Waals surface area contributed by atoms with Gasteiger partial charge >= 0.3 is 0 Å².